The van der Waals surface area contributed by atoms with E-state index in [0.717, 1.165) is 0 Å². The average molecular weight is 357 g/mol. The molecule has 2 heterocycles. The van der Waals surface area contributed by atoms with Crippen molar-refractivity contribution in [2.75, 3.05) is 0 Å². The van der Waals surface area contributed by atoms with Gasteiger partial charge in [-0.1, -0.05) is 53.7 Å². The van der Waals surface area contributed by atoms with Crippen LogP contribution in [0.15, 0.2) is 23.6 Å². The Balaban J connectivity index is 2.31. The van der Waals surface area contributed by atoms with Gasteiger partial charge in [0.05, 0.1) is 0 Å². The molecule has 0 unspecified atom stereocenters. The number of hydrogen-bond donors (Lipinski definition) is 0. The van der Waals surface area contributed by atoms with E-state index in [-0.39, 0.29) is 0 Å². The van der Waals surface area contributed by atoms with Crippen LogP contribution in [0.2, 0.25) is 0 Å². The summed E-state index contributed by atoms with van der Waals surface area (Å²) in [4.78, 5) is 1.45. The maximum Gasteiger partial charge on any atom is 0.0486 e. The number of benzene rings is 1. The molecule has 0 aliphatic carbocycles. The van der Waals surface area contributed by atoms with Crippen molar-refractivity contribution in [3.05, 3.63) is 45.8 Å². The van der Waals surface area contributed by atoms with Gasteiger partial charge in [0.15, 0.2) is 0 Å². The molecule has 0 N–H and O–H groups in total. The summed E-state index contributed by atoms with van der Waals surface area (Å²) in [7, 11) is 0. The number of aryl methyl sites for hydroxylation is 1. The standard InChI is InChI=1S/C22H28S2/c1-12(2)16-8-17(13(3)4)21(18(9-16)14(5)6)19-10-20-22(24-19)15(7)11-23-20/h8-14H,1-7H3. The first-order valence-electron chi connectivity index (χ1n) is 8.95. The number of hydrogen-bond acceptors (Lipinski definition) is 2. The minimum Gasteiger partial charge on any atom is -0.143 e. The van der Waals surface area contributed by atoms with E-state index < -0.39 is 0 Å². The molecule has 0 bridgehead atoms. The van der Waals surface area contributed by atoms with Crippen LogP contribution in [0.25, 0.3) is 19.8 Å². The van der Waals surface area contributed by atoms with E-state index >= 15 is 0 Å². The van der Waals surface area contributed by atoms with Crippen molar-refractivity contribution in [3.63, 3.8) is 0 Å². The van der Waals surface area contributed by atoms with Gasteiger partial charge < -0.3 is 0 Å². The van der Waals surface area contributed by atoms with Crippen LogP contribution >= 0.6 is 22.7 Å². The van der Waals surface area contributed by atoms with E-state index in [1.54, 1.807) is 0 Å². The highest BCUT2D eigenvalue weighted by atomic mass is 32.1. The lowest BCUT2D eigenvalue weighted by Gasteiger charge is -2.22. The Kier molecular flexibility index (Phi) is 4.90. The van der Waals surface area contributed by atoms with Gasteiger partial charge in [0.25, 0.3) is 0 Å². The minimum atomic E-state index is 0.539. The molecule has 0 aliphatic heterocycles. The molecule has 2 heteroatoms. The van der Waals surface area contributed by atoms with Crippen molar-refractivity contribution < 1.29 is 0 Å². The number of thiophene rings is 2. The lowest BCUT2D eigenvalue weighted by atomic mass is 9.84. The van der Waals surface area contributed by atoms with Crippen LogP contribution in [0.4, 0.5) is 0 Å². The second-order valence-electron chi connectivity index (χ2n) is 7.76. The Bertz CT molecular complexity index is 830. The van der Waals surface area contributed by atoms with E-state index in [2.05, 4.69) is 72.0 Å². The Morgan fingerprint density at radius 3 is 1.83 bits per heavy atom. The first-order chi connectivity index (χ1) is 11.3. The molecule has 24 heavy (non-hydrogen) atoms. The molecular weight excluding hydrogens is 328 g/mol. The highest BCUT2D eigenvalue weighted by molar-refractivity contribution is 7.29. The molecule has 1 aromatic carbocycles. The highest BCUT2D eigenvalue weighted by Crippen LogP contribution is 2.45. The summed E-state index contributed by atoms with van der Waals surface area (Å²) in [5.74, 6) is 1.65. The van der Waals surface area contributed by atoms with Gasteiger partial charge in [0, 0.05) is 14.3 Å². The third-order valence-electron chi connectivity index (χ3n) is 4.80. The maximum absolute atomic E-state index is 2.46. The van der Waals surface area contributed by atoms with Crippen LogP contribution in [0.5, 0.6) is 0 Å². The van der Waals surface area contributed by atoms with E-state index in [0.29, 0.717) is 17.8 Å². The molecule has 0 saturated heterocycles. The summed E-state index contributed by atoms with van der Waals surface area (Å²) in [5, 5.41) is 2.28. The Hall–Kier alpha value is -1.12. The van der Waals surface area contributed by atoms with Crippen LogP contribution in [0.1, 0.15) is 81.5 Å². The number of rotatable bonds is 4. The smallest absolute Gasteiger partial charge is 0.0486 e. The van der Waals surface area contributed by atoms with Crippen LogP contribution in [0.3, 0.4) is 0 Å². The van der Waals surface area contributed by atoms with Crippen molar-refractivity contribution in [2.24, 2.45) is 0 Å². The fourth-order valence-corrected chi connectivity index (χ4v) is 5.71. The molecule has 3 rings (SSSR count). The Morgan fingerprint density at radius 2 is 1.38 bits per heavy atom. The zero-order chi connectivity index (χ0) is 17.6. The fraction of sp³-hybridized carbons (Fsp3) is 0.455. The molecule has 0 saturated carbocycles. The molecule has 3 aromatic rings. The van der Waals surface area contributed by atoms with E-state index in [1.165, 1.54) is 42.1 Å². The van der Waals surface area contributed by atoms with E-state index in [1.807, 2.05) is 22.7 Å². The number of fused-ring (bicyclic) bond motifs is 1. The fourth-order valence-electron chi connectivity index (χ4n) is 3.31. The van der Waals surface area contributed by atoms with E-state index in [9.17, 15) is 0 Å². The van der Waals surface area contributed by atoms with Crippen molar-refractivity contribution in [2.45, 2.75) is 66.2 Å². The molecule has 0 amide bonds. The topological polar surface area (TPSA) is 0 Å². The third kappa shape index (κ3) is 3.07. The summed E-state index contributed by atoms with van der Waals surface area (Å²) in [5.41, 5.74) is 7.41. The molecule has 0 radical (unpaired) electrons. The zero-order valence-electron chi connectivity index (χ0n) is 15.9. The quantitative estimate of drug-likeness (QED) is 0.441. The van der Waals surface area contributed by atoms with Crippen LogP contribution in [0, 0.1) is 6.92 Å². The van der Waals surface area contributed by atoms with Crippen molar-refractivity contribution in [1.82, 2.24) is 0 Å². The molecule has 2 aromatic heterocycles. The molecule has 0 atom stereocenters. The summed E-state index contributed by atoms with van der Waals surface area (Å²) < 4.78 is 2.90. The summed E-state index contributed by atoms with van der Waals surface area (Å²) >= 11 is 3.85. The molecule has 0 fully saturated rings. The predicted octanol–water partition coefficient (Wildman–Crippen LogP) is 8.31. The Morgan fingerprint density at radius 1 is 0.792 bits per heavy atom. The van der Waals surface area contributed by atoms with Crippen molar-refractivity contribution in [1.29, 1.82) is 0 Å². The third-order valence-corrected chi connectivity index (χ3v) is 7.26. The molecule has 0 aliphatic rings. The highest BCUT2D eigenvalue weighted by Gasteiger charge is 2.20. The van der Waals surface area contributed by atoms with Gasteiger partial charge >= 0.3 is 0 Å². The molecule has 0 nitrogen and oxygen atoms in total. The summed E-state index contributed by atoms with van der Waals surface area (Å²) in [6.07, 6.45) is 0. The van der Waals surface area contributed by atoms with Crippen LogP contribution < -0.4 is 0 Å². The lowest BCUT2D eigenvalue weighted by molar-refractivity contribution is 0.808. The SMILES string of the molecule is Cc1csc2cc(-c3c(C(C)C)cc(C(C)C)cc3C(C)C)sc12. The second kappa shape index (κ2) is 6.65. The van der Waals surface area contributed by atoms with Gasteiger partial charge in [-0.05, 0) is 63.9 Å². The normalized spacial score (nSPS) is 12.2. The van der Waals surface area contributed by atoms with Crippen LogP contribution in [-0.2, 0) is 0 Å². The average Bonchev–Trinajstić information content (AvgIpc) is 3.08. The zero-order valence-corrected chi connectivity index (χ0v) is 17.5. The van der Waals surface area contributed by atoms with Gasteiger partial charge in [-0.2, -0.15) is 0 Å². The van der Waals surface area contributed by atoms with Gasteiger partial charge in [0.2, 0.25) is 0 Å². The van der Waals surface area contributed by atoms with Crippen LogP contribution in [-0.4, -0.2) is 0 Å². The van der Waals surface area contributed by atoms with Crippen molar-refractivity contribution in [3.8, 4) is 10.4 Å². The maximum atomic E-state index is 2.46. The second-order valence-corrected chi connectivity index (χ2v) is 9.72. The molecule has 0 spiro atoms. The monoisotopic (exact) mass is 356 g/mol. The summed E-state index contributed by atoms with van der Waals surface area (Å²) in [6.45, 7) is 16.1. The minimum absolute atomic E-state index is 0.539. The van der Waals surface area contributed by atoms with Gasteiger partial charge in [-0.15, -0.1) is 22.7 Å². The predicted molar refractivity (Wildman–Crippen MR) is 112 cm³/mol. The molecule has 128 valence electrons. The lowest BCUT2D eigenvalue weighted by Crippen LogP contribution is -2.02. The largest absolute Gasteiger partial charge is 0.143 e. The first kappa shape index (κ1) is 17.7. The van der Waals surface area contributed by atoms with Crippen molar-refractivity contribution >= 4 is 32.1 Å². The summed E-state index contributed by atoms with van der Waals surface area (Å²) in [6, 6.07) is 7.33. The van der Waals surface area contributed by atoms with Gasteiger partial charge in [-0.25, -0.2) is 0 Å². The first-order valence-corrected chi connectivity index (χ1v) is 10.6. The Labute approximate surface area is 154 Å². The molecular formula is C22H28S2. The van der Waals surface area contributed by atoms with E-state index in [4.69, 9.17) is 0 Å². The van der Waals surface area contributed by atoms with Gasteiger partial charge in [0.1, 0.15) is 0 Å². The van der Waals surface area contributed by atoms with Gasteiger partial charge in [-0.3, -0.25) is 0 Å².